The first-order chi connectivity index (χ1) is 34.4. The summed E-state index contributed by atoms with van der Waals surface area (Å²) >= 11 is 0. The zero-order valence-corrected chi connectivity index (χ0v) is 45.8. The topological polar surface area (TPSA) is 238 Å². The Hall–Kier alpha value is -4.62. The summed E-state index contributed by atoms with van der Waals surface area (Å²) in [5.74, 6) is -5.05. The largest absolute Gasteiger partial charge is 0.463 e. The van der Waals surface area contributed by atoms with Crippen LogP contribution in [0.25, 0.3) is 0 Å². The number of fused-ring (bicyclic) bond motifs is 6. The molecule has 19 heteroatoms. The molecule has 2 heterocycles. The fourth-order valence-electron chi connectivity index (χ4n) is 15.2. The van der Waals surface area contributed by atoms with Gasteiger partial charge in [0.1, 0.15) is 12.7 Å². The lowest BCUT2D eigenvalue weighted by molar-refractivity contribution is -0.326. The maximum absolute atomic E-state index is 15.3. The molecule has 19 nitrogen and oxygen atoms in total. The number of esters is 8. The predicted octanol–water partition coefficient (Wildman–Crippen LogP) is 7.09. The SMILES string of the molecule is CC(=O)OC[C@H]1O[C@@H](OC(=O)[C@@]23CCC4=C(CC[C@@H]5[C@@]6(C)CC[C@H](O[C@@H]7O[C@H](C)[C@@H](OC(C)=O)[C@H](OC(C)=O)[C@H]7OC(C)=O)C(C)(C)[C@@H]6CC[C@@]45C)[C@@H]2CC(C)(C)CC3)[C@H](OC(C)=O)[C@@H](OC(C)=O)[C@@H]1OC(C)=O. The van der Waals surface area contributed by atoms with Gasteiger partial charge in [0.2, 0.25) is 12.4 Å². The molecule has 0 radical (unpaired) electrons. The van der Waals surface area contributed by atoms with Gasteiger partial charge >= 0.3 is 47.8 Å². The highest BCUT2D eigenvalue weighted by Crippen LogP contribution is 2.72. The van der Waals surface area contributed by atoms with E-state index in [1.54, 1.807) is 6.92 Å². The van der Waals surface area contributed by atoms with E-state index in [4.69, 9.17) is 52.1 Å². The molecule has 0 aromatic rings. The molecule has 74 heavy (non-hydrogen) atoms. The molecule has 5 aliphatic carbocycles. The molecule has 2 saturated heterocycles. The number of carbonyl (C=O) groups excluding carboxylic acids is 8. The van der Waals surface area contributed by atoms with Crippen molar-refractivity contribution in [3.05, 3.63) is 11.1 Å². The van der Waals surface area contributed by atoms with Gasteiger partial charge in [0, 0.05) is 48.5 Å². The van der Waals surface area contributed by atoms with E-state index >= 15 is 4.79 Å². The van der Waals surface area contributed by atoms with Gasteiger partial charge in [0.05, 0.1) is 17.6 Å². The zero-order valence-electron chi connectivity index (χ0n) is 45.8. The quantitative estimate of drug-likeness (QED) is 0.0820. The van der Waals surface area contributed by atoms with Crippen molar-refractivity contribution in [2.24, 2.45) is 44.8 Å². The Labute approximate surface area is 434 Å². The van der Waals surface area contributed by atoms with Gasteiger partial charge in [-0.15, -0.1) is 0 Å². The minimum absolute atomic E-state index is 0.101. The second kappa shape index (κ2) is 21.4. The normalized spacial score (nSPS) is 39.9. The number of carbonyl (C=O) groups is 8. The molecular weight excluding hydrogens is 965 g/mol. The van der Waals surface area contributed by atoms with Crippen molar-refractivity contribution in [2.45, 2.75) is 235 Å². The van der Waals surface area contributed by atoms with Gasteiger partial charge in [0.25, 0.3) is 0 Å². The summed E-state index contributed by atoms with van der Waals surface area (Å²) in [4.78, 5) is 102. The lowest BCUT2D eigenvalue weighted by Crippen LogP contribution is -2.64. The van der Waals surface area contributed by atoms with Gasteiger partial charge in [-0.25, -0.2) is 0 Å². The number of rotatable bonds is 12. The number of hydrogen-bond acceptors (Lipinski definition) is 19. The first-order valence-corrected chi connectivity index (χ1v) is 26.5. The van der Waals surface area contributed by atoms with Gasteiger partial charge in [-0.1, -0.05) is 52.7 Å². The molecule has 0 amide bonds. The van der Waals surface area contributed by atoms with Crippen molar-refractivity contribution in [3.8, 4) is 0 Å². The summed E-state index contributed by atoms with van der Waals surface area (Å²) in [6, 6.07) is 0. The summed E-state index contributed by atoms with van der Waals surface area (Å²) in [5, 5.41) is 0. The Morgan fingerprint density at radius 2 is 1.07 bits per heavy atom. The predicted molar refractivity (Wildman–Crippen MR) is 258 cm³/mol. The van der Waals surface area contributed by atoms with E-state index in [9.17, 15) is 33.6 Å². The molecule has 5 fully saturated rings. The van der Waals surface area contributed by atoms with Crippen LogP contribution in [0.15, 0.2) is 11.1 Å². The van der Waals surface area contributed by atoms with Gasteiger partial charge in [-0.3, -0.25) is 38.4 Å². The molecule has 2 aliphatic heterocycles. The van der Waals surface area contributed by atoms with Crippen molar-refractivity contribution in [1.29, 1.82) is 0 Å². The second-order valence-electron chi connectivity index (χ2n) is 24.1. The van der Waals surface area contributed by atoms with E-state index in [1.807, 2.05) is 0 Å². The van der Waals surface area contributed by atoms with Gasteiger partial charge < -0.3 is 52.1 Å². The van der Waals surface area contributed by atoms with Crippen LogP contribution >= 0.6 is 0 Å². The number of ether oxygens (including phenoxy) is 11. The number of allylic oxidation sites excluding steroid dienone is 2. The third-order valence-electron chi connectivity index (χ3n) is 18.2. The fraction of sp³-hybridized carbons (Fsp3) is 0.818. The second-order valence-corrected chi connectivity index (χ2v) is 24.1. The van der Waals surface area contributed by atoms with Crippen molar-refractivity contribution in [2.75, 3.05) is 6.61 Å². The molecular formula is C55H80O19. The van der Waals surface area contributed by atoms with Crippen LogP contribution in [0.5, 0.6) is 0 Å². The van der Waals surface area contributed by atoms with Crippen LogP contribution in [-0.2, 0) is 90.5 Å². The van der Waals surface area contributed by atoms with Crippen LogP contribution < -0.4 is 0 Å². The minimum atomic E-state index is -1.62. The van der Waals surface area contributed by atoms with Crippen molar-refractivity contribution in [3.63, 3.8) is 0 Å². The summed E-state index contributed by atoms with van der Waals surface area (Å²) in [5.41, 5.74) is 0.990. The lowest BCUT2D eigenvalue weighted by atomic mass is 9.38. The van der Waals surface area contributed by atoms with E-state index in [0.29, 0.717) is 31.6 Å². The van der Waals surface area contributed by atoms with Crippen LogP contribution in [-0.4, -0.2) is 122 Å². The highest BCUT2D eigenvalue weighted by molar-refractivity contribution is 5.79. The highest BCUT2D eigenvalue weighted by Gasteiger charge is 2.66. The zero-order chi connectivity index (χ0) is 54.6. The Bertz CT molecular complexity index is 2250. The molecule has 0 spiro atoms. The van der Waals surface area contributed by atoms with Crippen LogP contribution in [0.3, 0.4) is 0 Å². The molecule has 17 atom stereocenters. The van der Waals surface area contributed by atoms with Gasteiger partial charge in [0.15, 0.2) is 36.8 Å². The molecule has 7 rings (SSSR count). The monoisotopic (exact) mass is 1040 g/mol. The van der Waals surface area contributed by atoms with Crippen LogP contribution in [0.1, 0.15) is 168 Å². The van der Waals surface area contributed by atoms with Crippen molar-refractivity contribution < 1.29 is 90.5 Å². The van der Waals surface area contributed by atoms with Crippen LogP contribution in [0.2, 0.25) is 0 Å². The Morgan fingerprint density at radius 1 is 0.527 bits per heavy atom. The molecule has 0 N–H and O–H groups in total. The van der Waals surface area contributed by atoms with E-state index in [-0.39, 0.29) is 34.2 Å². The third kappa shape index (κ3) is 11.1. The molecule has 0 bridgehead atoms. The first kappa shape index (κ1) is 57.1. The van der Waals surface area contributed by atoms with E-state index in [1.165, 1.54) is 38.8 Å². The summed E-state index contributed by atoms with van der Waals surface area (Å²) in [6.07, 6.45) is -4.65. The number of hydrogen-bond donors (Lipinski definition) is 0. The maximum atomic E-state index is 15.3. The highest BCUT2D eigenvalue weighted by atomic mass is 16.8. The van der Waals surface area contributed by atoms with E-state index in [2.05, 4.69) is 41.5 Å². The standard InChI is InChI=1S/C55H80O19/c1-27-42(66-29(3)57)44(68-31(5)59)46(70-33(7)61)48(65-27)73-41-19-21-54(14)39(52(41,11)12)18-20-53(13)36-17-22-55(24-23-51(9,10)25-37(55)35(36)15-16-40(53)54)50(63)74-49-47(71-34(8)62)45(69-32(6)60)43(67-30(4)58)38(72-49)26-64-28(2)56/h27,37-49H,15-26H2,1-14H3/t27-,37+,38-,39+,40+,41+,42-,43-,44+,45+,46-,47-,48+,49+,53+,54+,55-/m1/s1. The van der Waals surface area contributed by atoms with Gasteiger partial charge in [-0.2, -0.15) is 0 Å². The molecule has 3 saturated carbocycles. The molecule has 0 unspecified atom stereocenters. The molecule has 7 aliphatic rings. The minimum Gasteiger partial charge on any atom is -0.463 e. The van der Waals surface area contributed by atoms with Crippen LogP contribution in [0, 0.1) is 44.8 Å². The molecule has 414 valence electrons. The first-order valence-electron chi connectivity index (χ1n) is 26.5. The lowest BCUT2D eigenvalue weighted by Gasteiger charge is -2.67. The summed E-state index contributed by atoms with van der Waals surface area (Å²) < 4.78 is 65.2. The van der Waals surface area contributed by atoms with E-state index < -0.39 is 127 Å². The van der Waals surface area contributed by atoms with Gasteiger partial charge in [-0.05, 0) is 117 Å². The summed E-state index contributed by atoms with van der Waals surface area (Å²) in [7, 11) is 0. The van der Waals surface area contributed by atoms with E-state index in [0.717, 1.165) is 65.7 Å². The maximum Gasteiger partial charge on any atom is 0.315 e. The average Bonchev–Trinajstić information content (AvgIpc) is 3.27. The Morgan fingerprint density at radius 3 is 1.65 bits per heavy atom. The smallest absolute Gasteiger partial charge is 0.315 e. The molecule has 0 aromatic heterocycles. The summed E-state index contributed by atoms with van der Waals surface area (Å²) in [6.45, 7) is 23.4. The Balaban J connectivity index is 1.17. The van der Waals surface area contributed by atoms with Crippen molar-refractivity contribution >= 4 is 47.8 Å². The average molecular weight is 1050 g/mol. The third-order valence-corrected chi connectivity index (χ3v) is 18.2. The Kier molecular flexibility index (Phi) is 16.5. The van der Waals surface area contributed by atoms with Crippen molar-refractivity contribution in [1.82, 2.24) is 0 Å². The fourth-order valence-corrected chi connectivity index (χ4v) is 15.2. The van der Waals surface area contributed by atoms with Crippen LogP contribution in [0.4, 0.5) is 0 Å². The molecule has 0 aromatic carbocycles.